The van der Waals surface area contributed by atoms with E-state index in [0.29, 0.717) is 11.0 Å². The molecule has 0 radical (unpaired) electrons. The van der Waals surface area contributed by atoms with E-state index in [1.807, 2.05) is 12.1 Å². The number of ether oxygens (including phenoxy) is 1. The summed E-state index contributed by atoms with van der Waals surface area (Å²) in [5.74, 6) is 0.529. The Morgan fingerprint density at radius 3 is 2.41 bits per heavy atom. The van der Waals surface area contributed by atoms with Gasteiger partial charge in [0, 0.05) is 11.0 Å². The van der Waals surface area contributed by atoms with Crippen molar-refractivity contribution in [1.82, 2.24) is 4.98 Å². The Balaban J connectivity index is 2.41. The zero-order valence-corrected chi connectivity index (χ0v) is 11.2. The van der Waals surface area contributed by atoms with Crippen molar-refractivity contribution in [3.8, 4) is 17.0 Å². The van der Waals surface area contributed by atoms with Crippen molar-refractivity contribution in [2.24, 2.45) is 0 Å². The molecule has 0 saturated carbocycles. The van der Waals surface area contributed by atoms with Gasteiger partial charge in [-0.1, -0.05) is 23.7 Å². The Hall–Kier alpha value is -1.19. The summed E-state index contributed by atoms with van der Waals surface area (Å²) < 4.78 is 5.10. The van der Waals surface area contributed by atoms with Gasteiger partial charge in [0.1, 0.15) is 5.15 Å². The van der Waals surface area contributed by atoms with Crippen molar-refractivity contribution >= 4 is 23.4 Å². The summed E-state index contributed by atoms with van der Waals surface area (Å²) in [4.78, 5) is 5.29. The molecule has 0 spiro atoms. The molecule has 0 saturated heterocycles. The number of nitrogens with zero attached hydrogens (tertiary/aromatic N) is 1. The van der Waals surface area contributed by atoms with E-state index in [1.54, 1.807) is 18.9 Å². The lowest BCUT2D eigenvalue weighted by Crippen LogP contribution is -1.89. The highest BCUT2D eigenvalue weighted by atomic mass is 35.5. The molecule has 2 nitrogen and oxygen atoms in total. The van der Waals surface area contributed by atoms with E-state index in [2.05, 4.69) is 35.5 Å². The molecule has 1 aromatic carbocycles. The third kappa shape index (κ3) is 2.93. The first-order chi connectivity index (χ1) is 8.22. The molecule has 0 bridgehead atoms. The third-order valence-electron chi connectivity index (χ3n) is 2.40. The molecule has 4 heteroatoms. The van der Waals surface area contributed by atoms with E-state index < -0.39 is 0 Å². The van der Waals surface area contributed by atoms with E-state index >= 15 is 0 Å². The summed E-state index contributed by atoms with van der Waals surface area (Å²) in [6.45, 7) is 0. The van der Waals surface area contributed by atoms with Gasteiger partial charge in [-0.3, -0.25) is 0 Å². The quantitative estimate of drug-likeness (QED) is 0.615. The molecular formula is C13H12ClNOS. The fourth-order valence-corrected chi connectivity index (χ4v) is 2.14. The van der Waals surface area contributed by atoms with Crippen molar-refractivity contribution in [2.75, 3.05) is 13.4 Å². The van der Waals surface area contributed by atoms with Gasteiger partial charge >= 0.3 is 0 Å². The zero-order valence-electron chi connectivity index (χ0n) is 9.61. The summed E-state index contributed by atoms with van der Waals surface area (Å²) in [5.41, 5.74) is 2.11. The summed E-state index contributed by atoms with van der Waals surface area (Å²) in [7, 11) is 1.58. The van der Waals surface area contributed by atoms with Crippen LogP contribution in [0.25, 0.3) is 11.1 Å². The average Bonchev–Trinajstić information content (AvgIpc) is 2.38. The molecule has 1 aromatic heterocycles. The van der Waals surface area contributed by atoms with E-state index in [0.717, 1.165) is 11.1 Å². The highest BCUT2D eigenvalue weighted by Gasteiger charge is 2.03. The van der Waals surface area contributed by atoms with Crippen molar-refractivity contribution in [3.63, 3.8) is 0 Å². The second-order valence-corrected chi connectivity index (χ2v) is 4.72. The number of benzene rings is 1. The number of hydrogen-bond acceptors (Lipinski definition) is 3. The number of halogens is 1. The van der Waals surface area contributed by atoms with Crippen LogP contribution < -0.4 is 4.74 Å². The number of rotatable bonds is 3. The van der Waals surface area contributed by atoms with Crippen LogP contribution in [0.2, 0.25) is 5.15 Å². The van der Waals surface area contributed by atoms with Gasteiger partial charge in [0.2, 0.25) is 5.88 Å². The number of methoxy groups -OCH3 is 1. The predicted molar refractivity (Wildman–Crippen MR) is 73.0 cm³/mol. The van der Waals surface area contributed by atoms with Crippen molar-refractivity contribution in [1.29, 1.82) is 0 Å². The first-order valence-electron chi connectivity index (χ1n) is 5.09. The molecule has 2 aromatic rings. The maximum absolute atomic E-state index is 5.94. The fraction of sp³-hybridized carbons (Fsp3) is 0.154. The zero-order chi connectivity index (χ0) is 12.3. The molecule has 0 unspecified atom stereocenters. The van der Waals surface area contributed by atoms with E-state index in [9.17, 15) is 0 Å². The van der Waals surface area contributed by atoms with E-state index in [4.69, 9.17) is 16.3 Å². The molecule has 0 aliphatic heterocycles. The van der Waals surface area contributed by atoms with Gasteiger partial charge in [-0.25, -0.2) is 4.98 Å². The lowest BCUT2D eigenvalue weighted by molar-refractivity contribution is 0.398. The lowest BCUT2D eigenvalue weighted by atomic mass is 10.1. The van der Waals surface area contributed by atoms with Crippen LogP contribution >= 0.6 is 23.4 Å². The molecule has 0 amide bonds. The molecule has 0 N–H and O–H groups in total. The first-order valence-corrected chi connectivity index (χ1v) is 6.69. The molecule has 0 aliphatic rings. The van der Waals surface area contributed by atoms with E-state index in [1.165, 1.54) is 4.90 Å². The number of aromatic nitrogens is 1. The highest BCUT2D eigenvalue weighted by molar-refractivity contribution is 7.98. The van der Waals surface area contributed by atoms with Gasteiger partial charge in [0.25, 0.3) is 0 Å². The third-order valence-corrected chi connectivity index (χ3v) is 3.34. The fourth-order valence-electron chi connectivity index (χ4n) is 1.53. The molecule has 17 heavy (non-hydrogen) atoms. The highest BCUT2D eigenvalue weighted by Crippen LogP contribution is 2.27. The summed E-state index contributed by atoms with van der Waals surface area (Å²) in [6.07, 6.45) is 2.06. The molecular weight excluding hydrogens is 254 g/mol. The maximum Gasteiger partial charge on any atom is 0.214 e. The number of hydrogen-bond donors (Lipinski definition) is 0. The van der Waals surface area contributed by atoms with Crippen molar-refractivity contribution in [2.45, 2.75) is 4.90 Å². The van der Waals surface area contributed by atoms with Crippen LogP contribution in [0.5, 0.6) is 5.88 Å². The van der Waals surface area contributed by atoms with Crippen LogP contribution in [0, 0.1) is 0 Å². The molecule has 0 aliphatic carbocycles. The Morgan fingerprint density at radius 2 is 1.82 bits per heavy atom. The van der Waals surface area contributed by atoms with Gasteiger partial charge in [-0.05, 0) is 35.6 Å². The van der Waals surface area contributed by atoms with Gasteiger partial charge in [-0.2, -0.15) is 0 Å². The summed E-state index contributed by atoms with van der Waals surface area (Å²) in [6, 6.07) is 12.0. The van der Waals surface area contributed by atoms with Crippen LogP contribution in [0.15, 0.2) is 41.3 Å². The number of thioether (sulfide) groups is 1. The summed E-state index contributed by atoms with van der Waals surface area (Å²) in [5, 5.41) is 0.438. The Kier molecular flexibility index (Phi) is 3.92. The Bertz CT molecular complexity index is 513. The largest absolute Gasteiger partial charge is 0.481 e. The van der Waals surface area contributed by atoms with Crippen LogP contribution in [0.4, 0.5) is 0 Å². The normalized spacial score (nSPS) is 10.3. The Labute approximate surface area is 110 Å². The minimum absolute atomic E-state index is 0.438. The smallest absolute Gasteiger partial charge is 0.214 e. The van der Waals surface area contributed by atoms with Crippen molar-refractivity contribution in [3.05, 3.63) is 41.6 Å². The first kappa shape index (κ1) is 12.3. The molecule has 0 atom stereocenters. The minimum Gasteiger partial charge on any atom is -0.481 e. The number of pyridine rings is 1. The Morgan fingerprint density at radius 1 is 1.12 bits per heavy atom. The maximum atomic E-state index is 5.94. The molecule has 0 fully saturated rings. The monoisotopic (exact) mass is 265 g/mol. The standard InChI is InChI=1S/C13H12ClNOS/c1-16-13-8-10(7-12(14)15-13)9-3-5-11(17-2)6-4-9/h3-8H,1-2H3. The summed E-state index contributed by atoms with van der Waals surface area (Å²) >= 11 is 7.66. The van der Waals surface area contributed by atoms with Crippen LogP contribution in [0.3, 0.4) is 0 Å². The average molecular weight is 266 g/mol. The second-order valence-electron chi connectivity index (χ2n) is 3.45. The molecule has 88 valence electrons. The van der Waals surface area contributed by atoms with E-state index in [-0.39, 0.29) is 0 Å². The van der Waals surface area contributed by atoms with Gasteiger partial charge in [0.05, 0.1) is 7.11 Å². The van der Waals surface area contributed by atoms with Gasteiger partial charge in [0.15, 0.2) is 0 Å². The lowest BCUT2D eigenvalue weighted by Gasteiger charge is -2.06. The van der Waals surface area contributed by atoms with Gasteiger partial charge < -0.3 is 4.74 Å². The topological polar surface area (TPSA) is 22.1 Å². The van der Waals surface area contributed by atoms with Crippen molar-refractivity contribution < 1.29 is 4.74 Å². The van der Waals surface area contributed by atoms with Crippen LogP contribution in [0.1, 0.15) is 0 Å². The molecule has 2 rings (SSSR count). The minimum atomic E-state index is 0.438. The predicted octanol–water partition coefficient (Wildman–Crippen LogP) is 4.13. The van der Waals surface area contributed by atoms with Crippen LogP contribution in [-0.4, -0.2) is 18.3 Å². The van der Waals surface area contributed by atoms with Crippen LogP contribution in [-0.2, 0) is 0 Å². The second kappa shape index (κ2) is 5.43. The SMILES string of the molecule is COc1cc(-c2ccc(SC)cc2)cc(Cl)n1. The molecule has 1 heterocycles. The van der Waals surface area contributed by atoms with Gasteiger partial charge in [-0.15, -0.1) is 11.8 Å².